The molecule has 0 bridgehead atoms. The molecule has 3 aromatic heterocycles. The van der Waals surface area contributed by atoms with Crippen LogP contribution >= 0.6 is 22.7 Å². The number of aromatic nitrogens is 3. The minimum absolute atomic E-state index is 0.190. The van der Waals surface area contributed by atoms with E-state index >= 15 is 0 Å². The number of carbonyl (C=O) groups excluding carboxylic acids is 2. The number of rotatable bonds is 4. The van der Waals surface area contributed by atoms with E-state index in [4.69, 9.17) is 0 Å². The Bertz CT molecular complexity index is 1120. The smallest absolute Gasteiger partial charge is 0.276 e. The molecule has 0 spiro atoms. The molecule has 0 saturated heterocycles. The molecule has 0 unspecified atom stereocenters. The molecule has 1 aromatic carbocycles. The number of amides is 2. The lowest BCUT2D eigenvalue weighted by molar-refractivity contribution is 0.0845. The van der Waals surface area contributed by atoms with Gasteiger partial charge in [0, 0.05) is 5.56 Å². The summed E-state index contributed by atoms with van der Waals surface area (Å²) < 4.78 is 0. The number of thiophene rings is 1. The Kier molecular flexibility index (Phi) is 5.00. The highest BCUT2D eigenvalue weighted by Gasteiger charge is 2.18. The van der Waals surface area contributed by atoms with Crippen LogP contribution in [-0.2, 0) is 0 Å². The zero-order valence-electron chi connectivity index (χ0n) is 14.7. The molecule has 3 heterocycles. The normalized spacial score (nSPS) is 10.6. The van der Waals surface area contributed by atoms with Crippen LogP contribution in [0.4, 0.5) is 0 Å². The highest BCUT2D eigenvalue weighted by atomic mass is 32.1. The van der Waals surface area contributed by atoms with Crippen LogP contribution in [0.3, 0.4) is 0 Å². The van der Waals surface area contributed by atoms with Crippen molar-refractivity contribution in [3.05, 3.63) is 70.2 Å². The van der Waals surface area contributed by atoms with Crippen LogP contribution in [0.1, 0.15) is 25.9 Å². The summed E-state index contributed by atoms with van der Waals surface area (Å²) in [6, 6.07) is 15.1. The molecule has 0 aliphatic heterocycles. The van der Waals surface area contributed by atoms with Gasteiger partial charge in [0.05, 0.1) is 16.3 Å². The minimum Gasteiger partial charge on any atom is -0.276 e. The number of hydrogen-bond acceptors (Lipinski definition) is 6. The number of aromatic amines is 1. The maximum atomic E-state index is 12.5. The van der Waals surface area contributed by atoms with Crippen molar-refractivity contribution in [3.8, 4) is 21.1 Å². The first-order valence-corrected chi connectivity index (χ1v) is 10.0. The summed E-state index contributed by atoms with van der Waals surface area (Å²) in [5.41, 5.74) is 7.31. The average Bonchev–Trinajstić information content (AvgIpc) is 3.46. The van der Waals surface area contributed by atoms with Gasteiger partial charge in [-0.25, -0.2) is 4.98 Å². The molecule has 0 saturated carbocycles. The highest BCUT2D eigenvalue weighted by Crippen LogP contribution is 2.27. The lowest BCUT2D eigenvalue weighted by atomic mass is 10.2. The van der Waals surface area contributed by atoms with E-state index in [1.165, 1.54) is 11.3 Å². The summed E-state index contributed by atoms with van der Waals surface area (Å²) in [6.07, 6.45) is 0. The molecule has 0 radical (unpaired) electrons. The summed E-state index contributed by atoms with van der Waals surface area (Å²) in [7, 11) is 0. The van der Waals surface area contributed by atoms with Crippen LogP contribution in [0.15, 0.2) is 53.9 Å². The predicted molar refractivity (Wildman–Crippen MR) is 109 cm³/mol. The van der Waals surface area contributed by atoms with E-state index in [1.807, 2.05) is 47.8 Å². The van der Waals surface area contributed by atoms with Gasteiger partial charge in [-0.3, -0.25) is 25.5 Å². The van der Waals surface area contributed by atoms with Gasteiger partial charge in [0.1, 0.15) is 9.88 Å². The minimum atomic E-state index is -0.502. The maximum absolute atomic E-state index is 12.5. The first-order chi connectivity index (χ1) is 13.6. The van der Waals surface area contributed by atoms with Crippen molar-refractivity contribution >= 4 is 34.5 Å². The summed E-state index contributed by atoms with van der Waals surface area (Å²) in [5.74, 6) is -0.919. The molecule has 4 rings (SSSR count). The second-order valence-electron chi connectivity index (χ2n) is 5.85. The third-order valence-electron chi connectivity index (χ3n) is 3.91. The average molecular weight is 409 g/mol. The van der Waals surface area contributed by atoms with Crippen LogP contribution in [0, 0.1) is 6.92 Å². The van der Waals surface area contributed by atoms with E-state index < -0.39 is 11.8 Å². The summed E-state index contributed by atoms with van der Waals surface area (Å²) >= 11 is 2.82. The third-order valence-corrected chi connectivity index (χ3v) is 6.02. The monoisotopic (exact) mass is 409 g/mol. The fraction of sp³-hybridized carbons (Fsp3) is 0.0526. The van der Waals surface area contributed by atoms with Gasteiger partial charge >= 0.3 is 0 Å². The molecule has 0 aliphatic rings. The predicted octanol–water partition coefficient (Wildman–Crippen LogP) is 3.64. The van der Waals surface area contributed by atoms with Gasteiger partial charge in [-0.05, 0) is 24.4 Å². The maximum Gasteiger partial charge on any atom is 0.290 e. The first-order valence-electron chi connectivity index (χ1n) is 8.34. The van der Waals surface area contributed by atoms with Crippen molar-refractivity contribution < 1.29 is 9.59 Å². The molecular formula is C19H15N5O2S2. The molecule has 2 amide bonds. The van der Waals surface area contributed by atoms with Crippen LogP contribution in [0.5, 0.6) is 0 Å². The Balaban J connectivity index is 1.42. The molecule has 0 fully saturated rings. The van der Waals surface area contributed by atoms with E-state index in [9.17, 15) is 9.59 Å². The second kappa shape index (κ2) is 7.75. The Hall–Kier alpha value is -3.30. The number of aryl methyl sites for hydroxylation is 1. The number of carbonyl (C=O) groups is 2. The van der Waals surface area contributed by atoms with Crippen molar-refractivity contribution in [3.63, 3.8) is 0 Å². The van der Waals surface area contributed by atoms with Gasteiger partial charge in [-0.1, -0.05) is 36.4 Å². The lowest BCUT2D eigenvalue weighted by Gasteiger charge is -2.04. The van der Waals surface area contributed by atoms with Crippen molar-refractivity contribution in [2.75, 3.05) is 0 Å². The number of hydrazine groups is 1. The van der Waals surface area contributed by atoms with Crippen LogP contribution in [-0.4, -0.2) is 27.0 Å². The lowest BCUT2D eigenvalue weighted by Crippen LogP contribution is -2.41. The summed E-state index contributed by atoms with van der Waals surface area (Å²) in [5, 5.41) is 9.50. The van der Waals surface area contributed by atoms with E-state index in [0.29, 0.717) is 10.6 Å². The van der Waals surface area contributed by atoms with Crippen molar-refractivity contribution in [2.24, 2.45) is 0 Å². The Morgan fingerprint density at radius 2 is 1.82 bits per heavy atom. The topological polar surface area (TPSA) is 99.8 Å². The summed E-state index contributed by atoms with van der Waals surface area (Å²) in [6.45, 7) is 1.76. The zero-order valence-corrected chi connectivity index (χ0v) is 16.4. The van der Waals surface area contributed by atoms with E-state index in [2.05, 4.69) is 26.0 Å². The van der Waals surface area contributed by atoms with Crippen molar-refractivity contribution in [1.29, 1.82) is 0 Å². The SMILES string of the molecule is Cc1nc(-c2ccccc2)sc1C(=O)NNC(=O)c1cc(-c2cccs2)[nH]n1. The fourth-order valence-electron chi connectivity index (χ4n) is 2.54. The molecule has 0 aliphatic carbocycles. The van der Waals surface area contributed by atoms with Gasteiger partial charge in [0.25, 0.3) is 11.8 Å². The van der Waals surface area contributed by atoms with E-state index in [0.717, 1.165) is 21.1 Å². The number of benzene rings is 1. The van der Waals surface area contributed by atoms with Gasteiger partial charge in [-0.15, -0.1) is 22.7 Å². The van der Waals surface area contributed by atoms with Crippen molar-refractivity contribution in [2.45, 2.75) is 6.92 Å². The van der Waals surface area contributed by atoms with Gasteiger partial charge in [0.2, 0.25) is 0 Å². The second-order valence-corrected chi connectivity index (χ2v) is 7.80. The van der Waals surface area contributed by atoms with E-state index in [1.54, 1.807) is 24.3 Å². The fourth-order valence-corrected chi connectivity index (χ4v) is 4.20. The van der Waals surface area contributed by atoms with Crippen LogP contribution in [0.25, 0.3) is 21.1 Å². The standard InChI is InChI=1S/C19H15N5O2S2/c1-11-16(28-19(20-11)12-6-3-2-4-7-12)18(26)24-23-17(25)14-10-13(21-22-14)15-8-5-9-27-15/h2-10H,1H3,(H,21,22)(H,23,25)(H,24,26). The number of nitrogens with zero attached hydrogens (tertiary/aromatic N) is 2. The molecule has 140 valence electrons. The summed E-state index contributed by atoms with van der Waals surface area (Å²) in [4.78, 5) is 30.6. The first kappa shape index (κ1) is 18.1. The Morgan fingerprint density at radius 3 is 2.57 bits per heavy atom. The third kappa shape index (κ3) is 3.71. The largest absolute Gasteiger partial charge is 0.290 e. The molecule has 7 nitrogen and oxygen atoms in total. The van der Waals surface area contributed by atoms with Crippen LogP contribution in [0.2, 0.25) is 0 Å². The zero-order chi connectivity index (χ0) is 19.5. The van der Waals surface area contributed by atoms with Gasteiger partial charge in [-0.2, -0.15) is 5.10 Å². The Labute approximate surface area is 168 Å². The molecular weight excluding hydrogens is 394 g/mol. The Morgan fingerprint density at radius 1 is 1.04 bits per heavy atom. The number of thiazole rings is 1. The highest BCUT2D eigenvalue weighted by molar-refractivity contribution is 7.17. The van der Waals surface area contributed by atoms with Crippen LogP contribution < -0.4 is 10.9 Å². The molecule has 0 atom stereocenters. The molecule has 9 heteroatoms. The number of nitrogens with one attached hydrogen (secondary N) is 3. The quantitative estimate of drug-likeness (QED) is 0.448. The van der Waals surface area contributed by atoms with Crippen molar-refractivity contribution in [1.82, 2.24) is 26.0 Å². The number of H-pyrrole nitrogens is 1. The molecule has 4 aromatic rings. The van der Waals surface area contributed by atoms with Gasteiger partial charge in [0.15, 0.2) is 5.69 Å². The number of hydrogen-bond donors (Lipinski definition) is 3. The molecule has 3 N–H and O–H groups in total. The van der Waals surface area contributed by atoms with Gasteiger partial charge < -0.3 is 0 Å². The molecule has 28 heavy (non-hydrogen) atoms. The van der Waals surface area contributed by atoms with E-state index in [-0.39, 0.29) is 5.69 Å².